The average molecular weight is 231 g/mol. The molecule has 0 fully saturated rings. The van der Waals surface area contributed by atoms with Crippen LogP contribution in [0.1, 0.15) is 25.0 Å². The molecule has 0 saturated carbocycles. The van der Waals surface area contributed by atoms with Gasteiger partial charge in [0, 0.05) is 13.1 Å². The number of benzene rings is 1. The van der Waals surface area contributed by atoms with E-state index in [-0.39, 0.29) is 5.91 Å². The second-order valence-electron chi connectivity index (χ2n) is 4.53. The monoisotopic (exact) mass is 231 g/mol. The van der Waals surface area contributed by atoms with Gasteiger partial charge in [0.1, 0.15) is 0 Å². The number of nitrogens with zero attached hydrogens (tertiary/aromatic N) is 1. The number of rotatable bonds is 5. The molecule has 0 heterocycles. The molecular formula is C15H21NO. The molecule has 0 N–H and O–H groups in total. The molecule has 1 aromatic rings. The van der Waals surface area contributed by atoms with Crippen molar-refractivity contribution in [2.24, 2.45) is 0 Å². The van der Waals surface area contributed by atoms with Gasteiger partial charge in [-0.05, 0) is 26.3 Å². The molecule has 2 heteroatoms. The second-order valence-corrected chi connectivity index (χ2v) is 4.53. The molecule has 0 unspecified atom stereocenters. The first-order valence-electron chi connectivity index (χ1n) is 6.00. The van der Waals surface area contributed by atoms with Crippen LogP contribution in [0.3, 0.4) is 0 Å². The van der Waals surface area contributed by atoms with E-state index in [2.05, 4.69) is 6.58 Å². The zero-order valence-corrected chi connectivity index (χ0v) is 11.0. The van der Waals surface area contributed by atoms with Gasteiger partial charge in [0.25, 0.3) is 0 Å². The van der Waals surface area contributed by atoms with Crippen molar-refractivity contribution in [1.82, 2.24) is 4.90 Å². The SMILES string of the molecule is C=C(C)CN(CC)C(=O)Cc1ccc(C)cc1. The Kier molecular flexibility index (Phi) is 4.95. The van der Waals surface area contributed by atoms with Crippen LogP contribution >= 0.6 is 0 Å². The smallest absolute Gasteiger partial charge is 0.227 e. The minimum atomic E-state index is 0.166. The van der Waals surface area contributed by atoms with Gasteiger partial charge in [0.2, 0.25) is 5.91 Å². The van der Waals surface area contributed by atoms with Crippen LogP contribution < -0.4 is 0 Å². The highest BCUT2D eigenvalue weighted by molar-refractivity contribution is 5.79. The number of hydrogen-bond donors (Lipinski definition) is 0. The fourth-order valence-electron chi connectivity index (χ4n) is 1.69. The fraction of sp³-hybridized carbons (Fsp3) is 0.400. The van der Waals surface area contributed by atoms with Crippen molar-refractivity contribution < 1.29 is 4.79 Å². The van der Waals surface area contributed by atoms with Crippen LogP contribution in [0.5, 0.6) is 0 Å². The van der Waals surface area contributed by atoms with Gasteiger partial charge in [0.05, 0.1) is 6.42 Å². The summed E-state index contributed by atoms with van der Waals surface area (Å²) in [6.45, 7) is 11.2. The molecule has 0 aromatic heterocycles. The predicted molar refractivity (Wildman–Crippen MR) is 72.0 cm³/mol. The third-order valence-corrected chi connectivity index (χ3v) is 2.67. The van der Waals surface area contributed by atoms with E-state index in [4.69, 9.17) is 0 Å². The molecule has 1 aromatic carbocycles. The van der Waals surface area contributed by atoms with Crippen LogP contribution in [-0.4, -0.2) is 23.9 Å². The van der Waals surface area contributed by atoms with E-state index in [1.165, 1.54) is 5.56 Å². The number of carbonyl (C=O) groups is 1. The summed E-state index contributed by atoms with van der Waals surface area (Å²) in [5, 5.41) is 0. The summed E-state index contributed by atoms with van der Waals surface area (Å²) in [4.78, 5) is 13.9. The van der Waals surface area contributed by atoms with Gasteiger partial charge >= 0.3 is 0 Å². The van der Waals surface area contributed by atoms with Crippen molar-refractivity contribution in [3.05, 3.63) is 47.5 Å². The minimum Gasteiger partial charge on any atom is -0.339 e. The Balaban J connectivity index is 2.63. The molecule has 0 saturated heterocycles. The zero-order chi connectivity index (χ0) is 12.8. The van der Waals surface area contributed by atoms with Gasteiger partial charge in [-0.3, -0.25) is 4.79 Å². The van der Waals surface area contributed by atoms with Crippen molar-refractivity contribution in [1.29, 1.82) is 0 Å². The maximum absolute atomic E-state index is 12.0. The normalized spacial score (nSPS) is 10.1. The largest absolute Gasteiger partial charge is 0.339 e. The Labute approximate surface area is 104 Å². The van der Waals surface area contributed by atoms with Gasteiger partial charge < -0.3 is 4.90 Å². The van der Waals surface area contributed by atoms with Crippen molar-refractivity contribution in [3.8, 4) is 0 Å². The van der Waals surface area contributed by atoms with Crippen LogP contribution in [0.25, 0.3) is 0 Å². The lowest BCUT2D eigenvalue weighted by atomic mass is 10.1. The summed E-state index contributed by atoms with van der Waals surface area (Å²) in [5.41, 5.74) is 3.31. The van der Waals surface area contributed by atoms with E-state index in [1.807, 2.05) is 49.9 Å². The molecule has 92 valence electrons. The summed E-state index contributed by atoms with van der Waals surface area (Å²) in [6.07, 6.45) is 0.474. The first-order valence-corrected chi connectivity index (χ1v) is 6.00. The van der Waals surface area contributed by atoms with Crippen molar-refractivity contribution in [2.45, 2.75) is 27.2 Å². The summed E-state index contributed by atoms with van der Waals surface area (Å²) < 4.78 is 0. The predicted octanol–water partition coefficient (Wildman–Crippen LogP) is 2.96. The van der Waals surface area contributed by atoms with Crippen molar-refractivity contribution >= 4 is 5.91 Å². The topological polar surface area (TPSA) is 20.3 Å². The zero-order valence-electron chi connectivity index (χ0n) is 11.0. The highest BCUT2D eigenvalue weighted by atomic mass is 16.2. The third kappa shape index (κ3) is 4.43. The molecule has 0 aliphatic heterocycles. The lowest BCUT2D eigenvalue weighted by Gasteiger charge is -2.21. The minimum absolute atomic E-state index is 0.166. The Bertz CT molecular complexity index is 392. The van der Waals surface area contributed by atoms with E-state index in [0.29, 0.717) is 13.0 Å². The van der Waals surface area contributed by atoms with Crippen molar-refractivity contribution in [3.63, 3.8) is 0 Å². The van der Waals surface area contributed by atoms with Gasteiger partial charge in [-0.15, -0.1) is 0 Å². The summed E-state index contributed by atoms with van der Waals surface area (Å²) in [7, 11) is 0. The summed E-state index contributed by atoms with van der Waals surface area (Å²) in [5.74, 6) is 0.166. The number of carbonyl (C=O) groups excluding carboxylic acids is 1. The molecule has 0 spiro atoms. The average Bonchev–Trinajstić information content (AvgIpc) is 2.28. The first kappa shape index (κ1) is 13.5. The third-order valence-electron chi connectivity index (χ3n) is 2.67. The molecular weight excluding hydrogens is 210 g/mol. The van der Waals surface area contributed by atoms with Crippen LogP contribution in [0.4, 0.5) is 0 Å². The number of aryl methyl sites for hydroxylation is 1. The molecule has 0 bridgehead atoms. The van der Waals surface area contributed by atoms with Crippen molar-refractivity contribution in [2.75, 3.05) is 13.1 Å². The van der Waals surface area contributed by atoms with E-state index < -0.39 is 0 Å². The Hall–Kier alpha value is -1.57. The molecule has 17 heavy (non-hydrogen) atoms. The van der Waals surface area contributed by atoms with Gasteiger partial charge in [-0.1, -0.05) is 42.0 Å². The summed E-state index contributed by atoms with van der Waals surface area (Å²) >= 11 is 0. The summed E-state index contributed by atoms with van der Waals surface area (Å²) in [6, 6.07) is 8.11. The fourth-order valence-corrected chi connectivity index (χ4v) is 1.69. The Morgan fingerprint density at radius 3 is 2.35 bits per heavy atom. The lowest BCUT2D eigenvalue weighted by molar-refractivity contribution is -0.129. The van der Waals surface area contributed by atoms with E-state index in [1.54, 1.807) is 0 Å². The van der Waals surface area contributed by atoms with Gasteiger partial charge in [0.15, 0.2) is 0 Å². The Morgan fingerprint density at radius 1 is 1.29 bits per heavy atom. The number of likely N-dealkylation sites (N-methyl/N-ethyl adjacent to an activating group) is 1. The molecule has 0 atom stereocenters. The van der Waals surface area contributed by atoms with E-state index >= 15 is 0 Å². The highest BCUT2D eigenvalue weighted by Crippen LogP contribution is 2.07. The second kappa shape index (κ2) is 6.24. The molecule has 1 rings (SSSR count). The number of amides is 1. The first-order chi connectivity index (χ1) is 8.02. The maximum atomic E-state index is 12.0. The van der Waals surface area contributed by atoms with Crippen LogP contribution in [0.2, 0.25) is 0 Å². The van der Waals surface area contributed by atoms with Gasteiger partial charge in [-0.2, -0.15) is 0 Å². The molecule has 0 aliphatic carbocycles. The maximum Gasteiger partial charge on any atom is 0.227 e. The molecule has 2 nitrogen and oxygen atoms in total. The Morgan fingerprint density at radius 2 is 1.88 bits per heavy atom. The molecule has 0 radical (unpaired) electrons. The van der Waals surface area contributed by atoms with E-state index in [0.717, 1.165) is 17.7 Å². The van der Waals surface area contributed by atoms with E-state index in [9.17, 15) is 4.79 Å². The highest BCUT2D eigenvalue weighted by Gasteiger charge is 2.11. The van der Waals surface area contributed by atoms with Crippen LogP contribution in [0.15, 0.2) is 36.4 Å². The van der Waals surface area contributed by atoms with Gasteiger partial charge in [-0.25, -0.2) is 0 Å². The number of hydrogen-bond acceptors (Lipinski definition) is 1. The van der Waals surface area contributed by atoms with Crippen LogP contribution in [-0.2, 0) is 11.2 Å². The quantitative estimate of drug-likeness (QED) is 0.713. The lowest BCUT2D eigenvalue weighted by Crippen LogP contribution is -2.33. The van der Waals surface area contributed by atoms with Crippen LogP contribution in [0, 0.1) is 6.92 Å². The standard InChI is InChI=1S/C15H21NO/c1-5-16(11-12(2)3)15(17)10-14-8-6-13(4)7-9-14/h6-9H,2,5,10-11H2,1,3-4H3. The molecule has 0 aliphatic rings. The molecule has 1 amide bonds.